The SMILES string of the molecule is CN.Cc1cncc2sc(C(=O)c3ccccc3)cc12. The van der Waals surface area contributed by atoms with E-state index in [1.807, 2.05) is 55.7 Å². The quantitative estimate of drug-likeness (QED) is 0.734. The van der Waals surface area contributed by atoms with Gasteiger partial charge >= 0.3 is 0 Å². The molecule has 0 aliphatic carbocycles. The Morgan fingerprint density at radius 1 is 1.15 bits per heavy atom. The van der Waals surface area contributed by atoms with Crippen LogP contribution in [0.5, 0.6) is 0 Å². The van der Waals surface area contributed by atoms with E-state index in [9.17, 15) is 4.79 Å². The van der Waals surface area contributed by atoms with Gasteiger partial charge in [0.15, 0.2) is 0 Å². The normalized spacial score (nSPS) is 9.95. The smallest absolute Gasteiger partial charge is 0.202 e. The van der Waals surface area contributed by atoms with Crippen molar-refractivity contribution in [2.24, 2.45) is 5.73 Å². The minimum atomic E-state index is 0.0798. The number of aromatic nitrogens is 1. The monoisotopic (exact) mass is 284 g/mol. The lowest BCUT2D eigenvalue weighted by Gasteiger charge is -1.95. The van der Waals surface area contributed by atoms with Crippen molar-refractivity contribution >= 4 is 27.2 Å². The minimum absolute atomic E-state index is 0.0798. The summed E-state index contributed by atoms with van der Waals surface area (Å²) in [4.78, 5) is 17.2. The lowest BCUT2D eigenvalue weighted by atomic mass is 10.1. The summed E-state index contributed by atoms with van der Waals surface area (Å²) in [5.74, 6) is 0.0798. The number of thiophene rings is 1. The Morgan fingerprint density at radius 3 is 2.50 bits per heavy atom. The molecule has 2 aromatic heterocycles. The predicted octanol–water partition coefficient (Wildman–Crippen LogP) is 3.41. The summed E-state index contributed by atoms with van der Waals surface area (Å²) in [7, 11) is 1.50. The number of nitrogens with two attached hydrogens (primary N) is 1. The molecule has 0 fully saturated rings. The molecule has 0 atom stereocenters. The number of carbonyl (C=O) groups excluding carboxylic acids is 1. The summed E-state index contributed by atoms with van der Waals surface area (Å²) in [6.07, 6.45) is 3.64. The lowest BCUT2D eigenvalue weighted by Crippen LogP contribution is -1.97. The van der Waals surface area contributed by atoms with Gasteiger partial charge in [-0.15, -0.1) is 11.3 Å². The number of aryl methyl sites for hydroxylation is 1. The van der Waals surface area contributed by atoms with E-state index >= 15 is 0 Å². The van der Waals surface area contributed by atoms with Crippen LogP contribution in [0.3, 0.4) is 0 Å². The molecule has 4 heteroatoms. The van der Waals surface area contributed by atoms with Crippen LogP contribution in [-0.2, 0) is 0 Å². The zero-order chi connectivity index (χ0) is 14.5. The Morgan fingerprint density at radius 2 is 1.85 bits per heavy atom. The first kappa shape index (κ1) is 14.4. The number of pyridine rings is 1. The number of fused-ring (bicyclic) bond motifs is 1. The molecule has 0 unspecified atom stereocenters. The average molecular weight is 284 g/mol. The maximum Gasteiger partial charge on any atom is 0.202 e. The van der Waals surface area contributed by atoms with Gasteiger partial charge in [-0.25, -0.2) is 0 Å². The summed E-state index contributed by atoms with van der Waals surface area (Å²) in [5.41, 5.74) is 6.34. The van der Waals surface area contributed by atoms with Crippen LogP contribution in [0.15, 0.2) is 48.8 Å². The van der Waals surface area contributed by atoms with E-state index in [1.54, 1.807) is 0 Å². The van der Waals surface area contributed by atoms with Crippen molar-refractivity contribution in [2.45, 2.75) is 6.92 Å². The van der Waals surface area contributed by atoms with Gasteiger partial charge in [0, 0.05) is 18.0 Å². The first-order valence-corrected chi connectivity index (χ1v) is 7.09. The van der Waals surface area contributed by atoms with Gasteiger partial charge in [0.1, 0.15) is 0 Å². The fourth-order valence-corrected chi connectivity index (χ4v) is 3.01. The molecule has 3 nitrogen and oxygen atoms in total. The second-order valence-corrected chi connectivity index (χ2v) is 5.26. The number of benzene rings is 1. The van der Waals surface area contributed by atoms with Crippen LogP contribution in [0, 0.1) is 6.92 Å². The van der Waals surface area contributed by atoms with Crippen LogP contribution in [0.1, 0.15) is 20.8 Å². The molecular formula is C16H16N2OS. The van der Waals surface area contributed by atoms with E-state index in [4.69, 9.17) is 0 Å². The van der Waals surface area contributed by atoms with Crippen LogP contribution in [0.4, 0.5) is 0 Å². The molecule has 3 aromatic rings. The molecule has 0 radical (unpaired) electrons. The van der Waals surface area contributed by atoms with Gasteiger partial charge in [-0.1, -0.05) is 30.3 Å². The Kier molecular flexibility index (Phi) is 4.61. The van der Waals surface area contributed by atoms with Crippen molar-refractivity contribution < 1.29 is 4.79 Å². The maximum absolute atomic E-state index is 12.3. The molecule has 1 aromatic carbocycles. The number of nitrogens with zero attached hydrogens (tertiary/aromatic N) is 1. The third-order valence-corrected chi connectivity index (χ3v) is 3.97. The summed E-state index contributed by atoms with van der Waals surface area (Å²) >= 11 is 1.50. The molecule has 0 aliphatic heterocycles. The van der Waals surface area contributed by atoms with Crippen LogP contribution in [0.25, 0.3) is 10.1 Å². The second-order valence-electron chi connectivity index (χ2n) is 4.17. The first-order chi connectivity index (χ1) is 9.75. The number of hydrogen-bond donors (Lipinski definition) is 1. The maximum atomic E-state index is 12.3. The molecular weight excluding hydrogens is 268 g/mol. The van der Waals surface area contributed by atoms with Gasteiger partial charge in [0.25, 0.3) is 0 Å². The van der Waals surface area contributed by atoms with Crippen molar-refractivity contribution in [1.29, 1.82) is 0 Å². The number of ketones is 1. The van der Waals surface area contributed by atoms with Crippen LogP contribution in [0.2, 0.25) is 0 Å². The van der Waals surface area contributed by atoms with Gasteiger partial charge in [-0.2, -0.15) is 0 Å². The Labute approximate surface area is 122 Å². The molecule has 0 aliphatic rings. The molecule has 0 bridgehead atoms. The first-order valence-electron chi connectivity index (χ1n) is 6.27. The van der Waals surface area contributed by atoms with E-state index in [0.717, 1.165) is 26.1 Å². The number of rotatable bonds is 2. The van der Waals surface area contributed by atoms with Crippen LogP contribution < -0.4 is 5.73 Å². The van der Waals surface area contributed by atoms with Crippen molar-refractivity contribution in [3.05, 3.63) is 64.8 Å². The largest absolute Gasteiger partial charge is 0.333 e. The molecule has 0 saturated heterocycles. The summed E-state index contributed by atoms with van der Waals surface area (Å²) in [6, 6.07) is 11.3. The van der Waals surface area contributed by atoms with Crippen molar-refractivity contribution in [1.82, 2.24) is 4.98 Å². The molecule has 102 valence electrons. The molecule has 2 heterocycles. The molecule has 3 rings (SSSR count). The number of carbonyl (C=O) groups is 1. The van der Waals surface area contributed by atoms with E-state index in [2.05, 4.69) is 10.7 Å². The van der Waals surface area contributed by atoms with Crippen LogP contribution >= 0.6 is 11.3 Å². The van der Waals surface area contributed by atoms with Crippen molar-refractivity contribution in [2.75, 3.05) is 7.05 Å². The average Bonchev–Trinajstić information content (AvgIpc) is 2.95. The fourth-order valence-electron chi connectivity index (χ4n) is 1.94. The Hall–Kier alpha value is -2.04. The van der Waals surface area contributed by atoms with Gasteiger partial charge < -0.3 is 5.73 Å². The molecule has 0 spiro atoms. The van der Waals surface area contributed by atoms with Crippen LogP contribution in [-0.4, -0.2) is 17.8 Å². The molecule has 0 amide bonds. The summed E-state index contributed by atoms with van der Waals surface area (Å²) in [6.45, 7) is 2.01. The molecule has 20 heavy (non-hydrogen) atoms. The summed E-state index contributed by atoms with van der Waals surface area (Å²) < 4.78 is 1.06. The van der Waals surface area contributed by atoms with Crippen molar-refractivity contribution in [3.8, 4) is 0 Å². The Bertz CT molecular complexity index is 720. The number of hydrogen-bond acceptors (Lipinski definition) is 4. The third-order valence-electron chi connectivity index (χ3n) is 2.91. The Balaban J connectivity index is 0.000000704. The molecule has 2 N–H and O–H groups in total. The lowest BCUT2D eigenvalue weighted by molar-refractivity contribution is 0.104. The van der Waals surface area contributed by atoms with Gasteiger partial charge in [0.05, 0.1) is 9.58 Å². The zero-order valence-electron chi connectivity index (χ0n) is 11.5. The zero-order valence-corrected chi connectivity index (χ0v) is 12.3. The third kappa shape index (κ3) is 2.76. The fraction of sp³-hybridized carbons (Fsp3) is 0.125. The van der Waals surface area contributed by atoms with E-state index in [1.165, 1.54) is 18.4 Å². The van der Waals surface area contributed by atoms with Gasteiger partial charge in [-0.05, 0) is 31.0 Å². The topological polar surface area (TPSA) is 56.0 Å². The van der Waals surface area contributed by atoms with E-state index < -0.39 is 0 Å². The predicted molar refractivity (Wildman–Crippen MR) is 84.3 cm³/mol. The highest BCUT2D eigenvalue weighted by Gasteiger charge is 2.13. The van der Waals surface area contributed by atoms with Gasteiger partial charge in [0.2, 0.25) is 5.78 Å². The highest BCUT2D eigenvalue weighted by molar-refractivity contribution is 7.21. The summed E-state index contributed by atoms with van der Waals surface area (Å²) in [5, 5.41) is 1.12. The van der Waals surface area contributed by atoms with E-state index in [-0.39, 0.29) is 5.78 Å². The van der Waals surface area contributed by atoms with Crippen molar-refractivity contribution in [3.63, 3.8) is 0 Å². The van der Waals surface area contributed by atoms with E-state index in [0.29, 0.717) is 0 Å². The highest BCUT2D eigenvalue weighted by Crippen LogP contribution is 2.28. The molecule has 0 saturated carbocycles. The highest BCUT2D eigenvalue weighted by atomic mass is 32.1. The van der Waals surface area contributed by atoms with Gasteiger partial charge in [-0.3, -0.25) is 9.78 Å². The minimum Gasteiger partial charge on any atom is -0.333 e. The second kappa shape index (κ2) is 6.41. The standard InChI is InChI=1S/C15H11NOS.CH5N/c1-10-8-16-9-14-12(10)7-13(18-14)15(17)11-5-3-2-4-6-11;1-2/h2-9H,1H3;2H2,1H3.